The average molecular weight is 430 g/mol. The van der Waals surface area contributed by atoms with Crippen molar-refractivity contribution in [3.8, 4) is 11.5 Å². The zero-order valence-electron chi connectivity index (χ0n) is 12.8. The molecule has 0 radical (unpaired) electrons. The van der Waals surface area contributed by atoms with Gasteiger partial charge in [-0.1, -0.05) is 11.2 Å². The first-order valence-electron chi connectivity index (χ1n) is 6.77. The maximum atomic E-state index is 11.0. The number of halogens is 1. The highest BCUT2D eigenvalue weighted by Crippen LogP contribution is 2.34. The first kappa shape index (κ1) is 17.3. The molecule has 0 aliphatic heterocycles. The van der Waals surface area contributed by atoms with Gasteiger partial charge in [0.2, 0.25) is 5.76 Å². The Morgan fingerprint density at radius 1 is 1.43 bits per heavy atom. The maximum absolute atomic E-state index is 11.0. The monoisotopic (exact) mass is 430 g/mol. The molecule has 0 saturated heterocycles. The highest BCUT2D eigenvalue weighted by molar-refractivity contribution is 14.1. The van der Waals surface area contributed by atoms with Gasteiger partial charge in [-0.15, -0.1) is 0 Å². The number of nitro groups is 1. The Balaban J connectivity index is 2.38. The van der Waals surface area contributed by atoms with Crippen molar-refractivity contribution in [2.24, 2.45) is 0 Å². The molecule has 0 aliphatic rings. The van der Waals surface area contributed by atoms with E-state index in [4.69, 9.17) is 14.0 Å². The zero-order chi connectivity index (χ0) is 17.0. The van der Waals surface area contributed by atoms with Gasteiger partial charge in [0, 0.05) is 0 Å². The van der Waals surface area contributed by atoms with Gasteiger partial charge in [0.1, 0.15) is 0 Å². The summed E-state index contributed by atoms with van der Waals surface area (Å²) >= 11 is 2.14. The van der Waals surface area contributed by atoms with E-state index < -0.39 is 4.92 Å². The topological polar surface area (TPSA) is 87.6 Å². The van der Waals surface area contributed by atoms with E-state index in [0.717, 1.165) is 9.13 Å². The van der Waals surface area contributed by atoms with Crippen molar-refractivity contribution in [1.82, 2.24) is 5.16 Å². The number of hydrogen-bond acceptors (Lipinski definition) is 6. The Hall–Kier alpha value is -2.10. The number of benzene rings is 1. The van der Waals surface area contributed by atoms with E-state index in [-0.39, 0.29) is 17.1 Å². The minimum Gasteiger partial charge on any atom is -0.492 e. The molecule has 0 unspecified atom stereocenters. The number of methoxy groups -OCH3 is 1. The fourth-order valence-electron chi connectivity index (χ4n) is 2.03. The SMILES string of the molecule is CCOc1cc(/C=C\c2onc(C)c2[N+](=O)[O-])cc(I)c1OC. The number of ether oxygens (including phenoxy) is 2. The summed E-state index contributed by atoms with van der Waals surface area (Å²) in [5.74, 6) is 1.38. The molecule has 2 rings (SSSR count). The van der Waals surface area contributed by atoms with Gasteiger partial charge in [-0.05, 0) is 60.2 Å². The van der Waals surface area contributed by atoms with Gasteiger partial charge >= 0.3 is 5.69 Å². The first-order chi connectivity index (χ1) is 11.0. The Labute approximate surface area is 146 Å². The van der Waals surface area contributed by atoms with E-state index >= 15 is 0 Å². The molecule has 122 valence electrons. The summed E-state index contributed by atoms with van der Waals surface area (Å²) in [6, 6.07) is 3.68. The molecular formula is C15H15IN2O5. The Morgan fingerprint density at radius 2 is 2.17 bits per heavy atom. The Morgan fingerprint density at radius 3 is 2.78 bits per heavy atom. The molecule has 1 aromatic heterocycles. The van der Waals surface area contributed by atoms with E-state index in [1.54, 1.807) is 19.3 Å². The highest BCUT2D eigenvalue weighted by Gasteiger charge is 2.22. The normalized spacial score (nSPS) is 11.0. The second-order valence-electron chi connectivity index (χ2n) is 4.54. The quantitative estimate of drug-likeness (QED) is 0.390. The molecule has 1 heterocycles. The van der Waals surface area contributed by atoms with Crippen LogP contribution in [-0.2, 0) is 0 Å². The van der Waals surface area contributed by atoms with Crippen molar-refractivity contribution in [2.75, 3.05) is 13.7 Å². The second-order valence-corrected chi connectivity index (χ2v) is 5.70. The van der Waals surface area contributed by atoms with E-state index in [1.807, 2.05) is 13.0 Å². The van der Waals surface area contributed by atoms with Gasteiger partial charge in [-0.2, -0.15) is 0 Å². The van der Waals surface area contributed by atoms with Gasteiger partial charge in [-0.25, -0.2) is 0 Å². The van der Waals surface area contributed by atoms with Crippen LogP contribution in [0.2, 0.25) is 0 Å². The third kappa shape index (κ3) is 3.81. The number of aromatic nitrogens is 1. The van der Waals surface area contributed by atoms with E-state index in [0.29, 0.717) is 18.1 Å². The standard InChI is InChI=1S/C15H15IN2O5/c1-4-22-13-8-10(7-11(16)15(13)21-3)5-6-12-14(18(19)20)9(2)17-23-12/h5-8H,4H2,1-3H3/b6-5-. The van der Waals surface area contributed by atoms with Crippen molar-refractivity contribution in [2.45, 2.75) is 13.8 Å². The lowest BCUT2D eigenvalue weighted by Crippen LogP contribution is -1.97. The minimum atomic E-state index is -0.505. The van der Waals surface area contributed by atoms with Crippen LogP contribution >= 0.6 is 22.6 Å². The number of hydrogen-bond donors (Lipinski definition) is 0. The predicted molar refractivity (Wildman–Crippen MR) is 93.7 cm³/mol. The fourth-order valence-corrected chi connectivity index (χ4v) is 2.88. The van der Waals surface area contributed by atoms with Crippen molar-refractivity contribution < 1.29 is 18.9 Å². The second kappa shape index (κ2) is 7.44. The van der Waals surface area contributed by atoms with Crippen molar-refractivity contribution in [1.29, 1.82) is 0 Å². The summed E-state index contributed by atoms with van der Waals surface area (Å²) in [7, 11) is 1.58. The van der Waals surface area contributed by atoms with Gasteiger partial charge in [0.15, 0.2) is 17.2 Å². The predicted octanol–water partition coefficient (Wildman–Crippen LogP) is 4.07. The summed E-state index contributed by atoms with van der Waals surface area (Å²) in [5.41, 5.74) is 0.922. The number of rotatable bonds is 6. The molecule has 0 amide bonds. The molecule has 0 fully saturated rings. The van der Waals surface area contributed by atoms with Crippen molar-refractivity contribution in [3.05, 3.63) is 42.8 Å². The lowest BCUT2D eigenvalue weighted by atomic mass is 10.1. The van der Waals surface area contributed by atoms with Crippen LogP contribution in [0.3, 0.4) is 0 Å². The van der Waals surface area contributed by atoms with E-state index in [1.165, 1.54) is 13.0 Å². The van der Waals surface area contributed by atoms with E-state index in [9.17, 15) is 10.1 Å². The molecule has 0 N–H and O–H groups in total. The summed E-state index contributed by atoms with van der Waals surface area (Å²) in [6.45, 7) is 3.92. The average Bonchev–Trinajstić information content (AvgIpc) is 2.86. The molecular weight excluding hydrogens is 415 g/mol. The van der Waals surface area contributed by atoms with Crippen LogP contribution in [0.5, 0.6) is 11.5 Å². The third-order valence-corrected chi connectivity index (χ3v) is 3.80. The van der Waals surface area contributed by atoms with Crippen LogP contribution in [0.25, 0.3) is 12.2 Å². The lowest BCUT2D eigenvalue weighted by Gasteiger charge is -2.11. The molecule has 7 nitrogen and oxygen atoms in total. The first-order valence-corrected chi connectivity index (χ1v) is 7.84. The Kier molecular flexibility index (Phi) is 5.59. The minimum absolute atomic E-state index is 0.108. The number of nitrogens with zero attached hydrogens (tertiary/aromatic N) is 2. The molecule has 8 heteroatoms. The third-order valence-electron chi connectivity index (χ3n) is 3.00. The van der Waals surface area contributed by atoms with Crippen LogP contribution in [0.4, 0.5) is 5.69 Å². The van der Waals surface area contributed by atoms with Crippen LogP contribution in [0.1, 0.15) is 23.9 Å². The van der Waals surface area contributed by atoms with Crippen LogP contribution in [0, 0.1) is 20.6 Å². The summed E-state index contributed by atoms with van der Waals surface area (Å²) < 4.78 is 16.8. The van der Waals surface area contributed by atoms with Gasteiger partial charge in [0.05, 0.1) is 22.2 Å². The summed E-state index contributed by atoms with van der Waals surface area (Å²) in [6.07, 6.45) is 3.23. The van der Waals surface area contributed by atoms with Crippen molar-refractivity contribution in [3.63, 3.8) is 0 Å². The Bertz CT molecular complexity index is 755. The molecule has 0 bridgehead atoms. The van der Waals surface area contributed by atoms with Gasteiger partial charge in [0.25, 0.3) is 0 Å². The maximum Gasteiger partial charge on any atom is 0.338 e. The summed E-state index contributed by atoms with van der Waals surface area (Å²) in [5, 5.41) is 14.7. The smallest absolute Gasteiger partial charge is 0.338 e. The van der Waals surface area contributed by atoms with Gasteiger partial charge in [-0.3, -0.25) is 10.1 Å². The summed E-state index contributed by atoms with van der Waals surface area (Å²) in [4.78, 5) is 10.5. The molecule has 0 saturated carbocycles. The molecule has 0 aliphatic carbocycles. The highest BCUT2D eigenvalue weighted by atomic mass is 127. The zero-order valence-corrected chi connectivity index (χ0v) is 15.0. The van der Waals surface area contributed by atoms with Gasteiger partial charge < -0.3 is 14.0 Å². The largest absolute Gasteiger partial charge is 0.492 e. The van der Waals surface area contributed by atoms with Crippen LogP contribution < -0.4 is 9.47 Å². The molecule has 2 aromatic rings. The molecule has 23 heavy (non-hydrogen) atoms. The van der Waals surface area contributed by atoms with E-state index in [2.05, 4.69) is 27.7 Å². The molecule has 0 spiro atoms. The molecule has 1 aromatic carbocycles. The number of aryl methyl sites for hydroxylation is 1. The van der Waals surface area contributed by atoms with Crippen molar-refractivity contribution >= 4 is 40.4 Å². The fraction of sp³-hybridized carbons (Fsp3) is 0.267. The lowest BCUT2D eigenvalue weighted by molar-refractivity contribution is -0.386. The molecule has 0 atom stereocenters. The van der Waals surface area contributed by atoms with Crippen LogP contribution in [-0.4, -0.2) is 23.8 Å². The van der Waals surface area contributed by atoms with Crippen LogP contribution in [0.15, 0.2) is 16.7 Å².